The first-order chi connectivity index (χ1) is 17.5. The summed E-state index contributed by atoms with van der Waals surface area (Å²) in [5, 5.41) is 31.9. The maximum atomic E-state index is 13.3. The number of aliphatic hydroxyl groups is 1. The highest BCUT2D eigenvalue weighted by Crippen LogP contribution is 2.34. The molecule has 0 saturated heterocycles. The lowest BCUT2D eigenvalue weighted by molar-refractivity contribution is -0.138. The molecule has 3 aromatic carbocycles. The molecule has 2 N–H and O–H groups in total. The number of nitrogens with one attached hydrogen (secondary N) is 1. The van der Waals surface area contributed by atoms with Crippen LogP contribution in [0.2, 0.25) is 0 Å². The summed E-state index contributed by atoms with van der Waals surface area (Å²) in [6, 6.07) is 21.0. The van der Waals surface area contributed by atoms with E-state index in [4.69, 9.17) is 5.26 Å². The Morgan fingerprint density at radius 3 is 2.24 bits per heavy atom. The van der Waals surface area contributed by atoms with Crippen molar-refractivity contribution in [3.63, 3.8) is 0 Å². The van der Waals surface area contributed by atoms with Crippen LogP contribution in [0.25, 0.3) is 11.1 Å². The van der Waals surface area contributed by atoms with Crippen LogP contribution in [0.3, 0.4) is 0 Å². The molecule has 6 nitrogen and oxygen atoms in total. The Balaban J connectivity index is 1.88. The first-order valence-corrected chi connectivity index (χ1v) is 11.5. The zero-order chi connectivity index (χ0) is 27.2. The highest BCUT2D eigenvalue weighted by molar-refractivity contribution is 5.97. The maximum Gasteiger partial charge on any atom is 0.417 e. The number of hydrogen-bond donors (Lipinski definition) is 2. The van der Waals surface area contributed by atoms with Gasteiger partial charge in [-0.25, -0.2) is 0 Å². The number of carbonyl (C=O) groups excluding carboxylic acids is 1. The molecule has 0 aliphatic heterocycles. The number of halogens is 3. The minimum Gasteiger partial charge on any atom is -0.378 e. The van der Waals surface area contributed by atoms with E-state index in [1.807, 2.05) is 43.3 Å². The predicted octanol–water partition coefficient (Wildman–Crippen LogP) is 5.72. The molecule has 0 fully saturated rings. The summed E-state index contributed by atoms with van der Waals surface area (Å²) in [6.45, 7) is 3.52. The average molecular weight is 507 g/mol. The standard InChI is InChI=1S/C28H25F3N4O2/c1-3-13-35(23-12-10-20(16-32)24(15-23)19-7-5-4-6-8-19)18-27(2,37)26(36)34-22-11-9-21(17-33)25(14-22)28(29,30)31/h4-12,14-15,37H,3,13,18H2,1-2H3,(H,34,36). The number of nitrogens with zero attached hydrogens (tertiary/aromatic N) is 3. The molecule has 0 aliphatic carbocycles. The van der Waals surface area contributed by atoms with Gasteiger partial charge >= 0.3 is 6.18 Å². The molecule has 0 heterocycles. The Bertz CT molecular complexity index is 1360. The topological polar surface area (TPSA) is 100 Å². The number of anilines is 2. The van der Waals surface area contributed by atoms with Gasteiger partial charge in [0.2, 0.25) is 0 Å². The first-order valence-electron chi connectivity index (χ1n) is 11.5. The third-order valence-corrected chi connectivity index (χ3v) is 5.76. The molecule has 190 valence electrons. The molecule has 0 spiro atoms. The number of rotatable bonds is 8. The van der Waals surface area contributed by atoms with E-state index in [2.05, 4.69) is 11.4 Å². The number of benzene rings is 3. The van der Waals surface area contributed by atoms with Crippen LogP contribution in [0.15, 0.2) is 66.7 Å². The lowest BCUT2D eigenvalue weighted by Crippen LogP contribution is -2.50. The Kier molecular flexibility index (Phi) is 8.21. The van der Waals surface area contributed by atoms with Gasteiger partial charge in [-0.05, 0) is 55.3 Å². The second kappa shape index (κ2) is 11.2. The van der Waals surface area contributed by atoms with Crippen molar-refractivity contribution in [2.75, 3.05) is 23.3 Å². The van der Waals surface area contributed by atoms with Crippen LogP contribution in [0.1, 0.15) is 37.0 Å². The van der Waals surface area contributed by atoms with Crippen molar-refractivity contribution in [1.29, 1.82) is 10.5 Å². The van der Waals surface area contributed by atoms with E-state index < -0.39 is 28.8 Å². The molecule has 37 heavy (non-hydrogen) atoms. The largest absolute Gasteiger partial charge is 0.417 e. The van der Waals surface area contributed by atoms with Gasteiger partial charge in [0.15, 0.2) is 5.60 Å². The van der Waals surface area contributed by atoms with Crippen molar-refractivity contribution in [1.82, 2.24) is 0 Å². The number of nitriles is 2. The second-order valence-electron chi connectivity index (χ2n) is 8.73. The van der Waals surface area contributed by atoms with E-state index in [0.29, 0.717) is 35.8 Å². The van der Waals surface area contributed by atoms with Crippen LogP contribution in [-0.4, -0.2) is 29.7 Å². The number of alkyl halides is 3. The molecular weight excluding hydrogens is 481 g/mol. The lowest BCUT2D eigenvalue weighted by atomic mass is 9.98. The molecular formula is C28H25F3N4O2. The minimum atomic E-state index is -4.78. The Hall–Kier alpha value is -4.34. The molecule has 1 amide bonds. The van der Waals surface area contributed by atoms with Gasteiger partial charge in [0, 0.05) is 23.5 Å². The van der Waals surface area contributed by atoms with Gasteiger partial charge in [-0.1, -0.05) is 37.3 Å². The highest BCUT2D eigenvalue weighted by atomic mass is 19.4. The third kappa shape index (κ3) is 6.46. The Labute approximate surface area is 213 Å². The van der Waals surface area contributed by atoms with Crippen molar-refractivity contribution in [2.45, 2.75) is 32.0 Å². The number of amides is 1. The van der Waals surface area contributed by atoms with Gasteiger partial charge in [0.1, 0.15) is 0 Å². The summed E-state index contributed by atoms with van der Waals surface area (Å²) in [7, 11) is 0. The monoisotopic (exact) mass is 506 g/mol. The fraction of sp³-hybridized carbons (Fsp3) is 0.250. The van der Waals surface area contributed by atoms with E-state index >= 15 is 0 Å². The van der Waals surface area contributed by atoms with Gasteiger partial charge in [0.25, 0.3) is 5.91 Å². The van der Waals surface area contributed by atoms with Crippen LogP contribution in [0.4, 0.5) is 24.5 Å². The smallest absolute Gasteiger partial charge is 0.378 e. The normalized spacial score (nSPS) is 12.6. The fourth-order valence-corrected chi connectivity index (χ4v) is 3.92. The molecule has 0 aromatic heterocycles. The average Bonchev–Trinajstić information content (AvgIpc) is 2.88. The molecule has 9 heteroatoms. The molecule has 3 aromatic rings. The summed E-state index contributed by atoms with van der Waals surface area (Å²) in [5.74, 6) is -0.900. The van der Waals surface area contributed by atoms with Crippen LogP contribution in [-0.2, 0) is 11.0 Å². The quantitative estimate of drug-likeness (QED) is 0.407. The van der Waals surface area contributed by atoms with Crippen LogP contribution < -0.4 is 10.2 Å². The fourth-order valence-electron chi connectivity index (χ4n) is 3.92. The van der Waals surface area contributed by atoms with Crippen molar-refractivity contribution >= 4 is 17.3 Å². The second-order valence-corrected chi connectivity index (χ2v) is 8.73. The summed E-state index contributed by atoms with van der Waals surface area (Å²) in [5.41, 5.74) is -1.24. The van der Waals surface area contributed by atoms with Gasteiger partial charge in [-0.15, -0.1) is 0 Å². The van der Waals surface area contributed by atoms with Crippen LogP contribution >= 0.6 is 0 Å². The minimum absolute atomic E-state index is 0.158. The summed E-state index contributed by atoms with van der Waals surface area (Å²) < 4.78 is 39.9. The molecule has 0 bridgehead atoms. The van der Waals surface area contributed by atoms with Gasteiger partial charge < -0.3 is 15.3 Å². The van der Waals surface area contributed by atoms with E-state index in [1.165, 1.54) is 19.1 Å². The molecule has 0 aliphatic rings. The molecule has 0 saturated carbocycles. The van der Waals surface area contributed by atoms with Crippen molar-refractivity contribution in [2.24, 2.45) is 0 Å². The summed E-state index contributed by atoms with van der Waals surface area (Å²) >= 11 is 0. The number of carbonyl (C=O) groups is 1. The highest BCUT2D eigenvalue weighted by Gasteiger charge is 2.36. The van der Waals surface area contributed by atoms with E-state index in [1.54, 1.807) is 17.0 Å². The molecule has 1 unspecified atom stereocenters. The van der Waals surface area contributed by atoms with Crippen molar-refractivity contribution in [3.8, 4) is 23.3 Å². The molecule has 1 atom stereocenters. The Morgan fingerprint density at radius 2 is 1.65 bits per heavy atom. The summed E-state index contributed by atoms with van der Waals surface area (Å²) in [4.78, 5) is 14.7. The van der Waals surface area contributed by atoms with E-state index in [9.17, 15) is 28.3 Å². The van der Waals surface area contributed by atoms with E-state index in [-0.39, 0.29) is 12.2 Å². The SMILES string of the molecule is CCCN(CC(C)(O)C(=O)Nc1ccc(C#N)c(C(F)(F)F)c1)c1ccc(C#N)c(-c2ccccc2)c1. The first kappa shape index (κ1) is 27.3. The van der Waals surface area contributed by atoms with Gasteiger partial charge in [-0.3, -0.25) is 4.79 Å². The maximum absolute atomic E-state index is 13.3. The van der Waals surface area contributed by atoms with Crippen molar-refractivity contribution in [3.05, 3.63) is 83.4 Å². The molecule has 0 radical (unpaired) electrons. The van der Waals surface area contributed by atoms with Crippen LogP contribution in [0, 0.1) is 22.7 Å². The molecule has 3 rings (SSSR count). The third-order valence-electron chi connectivity index (χ3n) is 5.76. The van der Waals surface area contributed by atoms with Gasteiger partial charge in [0.05, 0.1) is 35.4 Å². The zero-order valence-electron chi connectivity index (χ0n) is 20.3. The van der Waals surface area contributed by atoms with Gasteiger partial charge in [-0.2, -0.15) is 23.7 Å². The number of hydrogen-bond acceptors (Lipinski definition) is 5. The zero-order valence-corrected chi connectivity index (χ0v) is 20.3. The van der Waals surface area contributed by atoms with Crippen LogP contribution in [0.5, 0.6) is 0 Å². The lowest BCUT2D eigenvalue weighted by Gasteiger charge is -2.32. The Morgan fingerprint density at radius 1 is 1.00 bits per heavy atom. The van der Waals surface area contributed by atoms with Crippen molar-refractivity contribution < 1.29 is 23.1 Å². The van der Waals surface area contributed by atoms with E-state index in [0.717, 1.165) is 11.6 Å². The summed E-state index contributed by atoms with van der Waals surface area (Å²) in [6.07, 6.45) is -4.10. The predicted molar refractivity (Wildman–Crippen MR) is 135 cm³/mol.